The van der Waals surface area contributed by atoms with Crippen molar-refractivity contribution < 1.29 is 18.7 Å². The van der Waals surface area contributed by atoms with Crippen LogP contribution in [-0.4, -0.2) is 35.2 Å². The maximum absolute atomic E-state index is 13.6. The number of benzene rings is 3. The van der Waals surface area contributed by atoms with Gasteiger partial charge in [0.1, 0.15) is 29.8 Å². The van der Waals surface area contributed by atoms with E-state index < -0.39 is 5.82 Å². The summed E-state index contributed by atoms with van der Waals surface area (Å²) in [5.41, 5.74) is 2.85. The van der Waals surface area contributed by atoms with Crippen LogP contribution in [0.2, 0.25) is 5.02 Å². The normalized spacial score (nSPS) is 14.9. The summed E-state index contributed by atoms with van der Waals surface area (Å²) in [7, 11) is 0. The third-order valence-electron chi connectivity index (χ3n) is 5.83. The molecule has 0 unspecified atom stereocenters. The minimum atomic E-state index is -0.526. The molecule has 4 aromatic rings. The lowest BCUT2D eigenvalue weighted by molar-refractivity contribution is -0.111. The second kappa shape index (κ2) is 11.3. The van der Waals surface area contributed by atoms with E-state index in [1.165, 1.54) is 24.5 Å². The summed E-state index contributed by atoms with van der Waals surface area (Å²) in [5, 5.41) is 15.5. The Kier molecular flexibility index (Phi) is 7.45. The average Bonchev–Trinajstić information content (AvgIpc) is 3.44. The van der Waals surface area contributed by atoms with Crippen molar-refractivity contribution in [3.05, 3.63) is 89.0 Å². The first-order valence-electron chi connectivity index (χ1n) is 11.7. The topological polar surface area (TPSA) is 109 Å². The van der Waals surface area contributed by atoms with E-state index in [1.54, 1.807) is 48.5 Å². The van der Waals surface area contributed by atoms with Gasteiger partial charge in [0.05, 0.1) is 41.1 Å². The Hall–Kier alpha value is -4.52. The number of nitrogens with zero attached hydrogens (tertiary/aromatic N) is 3. The molecule has 0 spiro atoms. The minimum Gasteiger partial charge on any atom is -0.486 e. The fraction of sp³-hybridized carbons (Fsp3) is 0.143. The zero-order valence-corrected chi connectivity index (χ0v) is 20.7. The first kappa shape index (κ1) is 25.1. The fourth-order valence-corrected chi connectivity index (χ4v) is 4.07. The van der Waals surface area contributed by atoms with Crippen molar-refractivity contribution in [2.24, 2.45) is 0 Å². The second-order valence-electron chi connectivity index (χ2n) is 8.50. The number of aromatic nitrogens is 2. The summed E-state index contributed by atoms with van der Waals surface area (Å²) in [6, 6.07) is 16.6. The van der Waals surface area contributed by atoms with Crippen molar-refractivity contribution in [3.63, 3.8) is 0 Å². The predicted molar refractivity (Wildman–Crippen MR) is 143 cm³/mol. The molecule has 1 atom stereocenters. The molecule has 1 amide bonds. The molecule has 1 aromatic heterocycles. The SMILES string of the molecule is N#Cc1ccc(/C=C/C(=O)Nc2cc3c(Nc4ccc(F)c(Cl)c4)ncnc3cc2O[C@H]2CCOC2)cc1. The van der Waals surface area contributed by atoms with Crippen molar-refractivity contribution >= 4 is 51.7 Å². The van der Waals surface area contributed by atoms with Gasteiger partial charge >= 0.3 is 0 Å². The van der Waals surface area contributed by atoms with Crippen molar-refractivity contribution in [1.82, 2.24) is 9.97 Å². The lowest BCUT2D eigenvalue weighted by atomic mass is 10.1. The molecule has 2 N–H and O–H groups in total. The van der Waals surface area contributed by atoms with E-state index in [4.69, 9.17) is 26.3 Å². The highest BCUT2D eigenvalue weighted by molar-refractivity contribution is 6.31. The number of amides is 1. The Balaban J connectivity index is 1.46. The number of anilines is 3. The van der Waals surface area contributed by atoms with E-state index in [0.717, 1.165) is 12.0 Å². The third kappa shape index (κ3) is 5.89. The van der Waals surface area contributed by atoms with Gasteiger partial charge in [0.2, 0.25) is 5.91 Å². The van der Waals surface area contributed by atoms with Gasteiger partial charge in [-0.25, -0.2) is 14.4 Å². The highest BCUT2D eigenvalue weighted by atomic mass is 35.5. The predicted octanol–water partition coefficient (Wildman–Crippen LogP) is 5.86. The highest BCUT2D eigenvalue weighted by Gasteiger charge is 2.21. The van der Waals surface area contributed by atoms with Gasteiger partial charge in [0.15, 0.2) is 0 Å². The van der Waals surface area contributed by atoms with Gasteiger partial charge in [0.25, 0.3) is 0 Å². The monoisotopic (exact) mass is 529 g/mol. The zero-order chi connectivity index (χ0) is 26.5. The molecule has 0 bridgehead atoms. The maximum Gasteiger partial charge on any atom is 0.248 e. The molecular formula is C28H21ClFN5O3. The van der Waals surface area contributed by atoms with E-state index in [1.807, 2.05) is 0 Å². The number of halogens is 2. The second-order valence-corrected chi connectivity index (χ2v) is 8.91. The van der Waals surface area contributed by atoms with Crippen LogP contribution in [0.4, 0.5) is 21.6 Å². The van der Waals surface area contributed by atoms with E-state index in [9.17, 15) is 9.18 Å². The molecule has 5 rings (SSSR count). The van der Waals surface area contributed by atoms with Gasteiger partial charge in [-0.1, -0.05) is 23.7 Å². The molecule has 0 radical (unpaired) electrons. The number of rotatable bonds is 7. The number of nitriles is 1. The number of ether oxygens (including phenoxy) is 2. The van der Waals surface area contributed by atoms with Crippen LogP contribution >= 0.6 is 11.6 Å². The Morgan fingerprint density at radius 2 is 2.03 bits per heavy atom. The Morgan fingerprint density at radius 3 is 2.76 bits per heavy atom. The van der Waals surface area contributed by atoms with E-state index in [-0.39, 0.29) is 17.0 Å². The van der Waals surface area contributed by atoms with Crippen LogP contribution in [0.15, 0.2) is 67.0 Å². The van der Waals surface area contributed by atoms with Crippen molar-refractivity contribution in [1.29, 1.82) is 5.26 Å². The Labute approximate surface area is 222 Å². The molecule has 1 aliphatic rings. The van der Waals surface area contributed by atoms with Crippen molar-refractivity contribution in [3.8, 4) is 11.8 Å². The summed E-state index contributed by atoms with van der Waals surface area (Å²) in [4.78, 5) is 21.5. The van der Waals surface area contributed by atoms with Gasteiger partial charge in [-0.15, -0.1) is 0 Å². The van der Waals surface area contributed by atoms with Gasteiger partial charge in [-0.05, 0) is 48.0 Å². The number of fused-ring (bicyclic) bond motifs is 1. The summed E-state index contributed by atoms with van der Waals surface area (Å²) >= 11 is 5.93. The molecule has 1 fully saturated rings. The molecule has 3 aromatic carbocycles. The van der Waals surface area contributed by atoms with E-state index in [2.05, 4.69) is 26.7 Å². The molecule has 1 aliphatic heterocycles. The van der Waals surface area contributed by atoms with Crippen LogP contribution in [0.5, 0.6) is 5.75 Å². The van der Waals surface area contributed by atoms with Crippen LogP contribution in [0.3, 0.4) is 0 Å². The number of carbonyl (C=O) groups is 1. The van der Waals surface area contributed by atoms with Crippen LogP contribution in [0.25, 0.3) is 17.0 Å². The van der Waals surface area contributed by atoms with Crippen LogP contribution in [-0.2, 0) is 9.53 Å². The van der Waals surface area contributed by atoms with E-state index in [0.29, 0.717) is 52.6 Å². The molecule has 0 saturated carbocycles. The molecule has 10 heteroatoms. The highest BCUT2D eigenvalue weighted by Crippen LogP contribution is 2.35. The molecule has 2 heterocycles. The van der Waals surface area contributed by atoms with E-state index >= 15 is 0 Å². The van der Waals surface area contributed by atoms with Gasteiger partial charge < -0.3 is 20.1 Å². The molecule has 38 heavy (non-hydrogen) atoms. The van der Waals surface area contributed by atoms with Gasteiger partial charge in [-0.3, -0.25) is 4.79 Å². The van der Waals surface area contributed by atoms with Crippen molar-refractivity contribution in [2.75, 3.05) is 23.8 Å². The lowest BCUT2D eigenvalue weighted by Crippen LogP contribution is -2.18. The zero-order valence-electron chi connectivity index (χ0n) is 19.9. The molecular weight excluding hydrogens is 509 g/mol. The third-order valence-corrected chi connectivity index (χ3v) is 6.12. The largest absolute Gasteiger partial charge is 0.486 e. The Morgan fingerprint density at radius 1 is 1.18 bits per heavy atom. The number of carbonyl (C=O) groups excluding carboxylic acids is 1. The maximum atomic E-state index is 13.6. The molecule has 0 aliphatic carbocycles. The number of nitrogens with one attached hydrogen (secondary N) is 2. The molecule has 8 nitrogen and oxygen atoms in total. The molecule has 190 valence electrons. The van der Waals surface area contributed by atoms with Gasteiger partial charge in [-0.2, -0.15) is 5.26 Å². The first-order chi connectivity index (χ1) is 18.5. The average molecular weight is 530 g/mol. The summed E-state index contributed by atoms with van der Waals surface area (Å²) in [6.07, 6.45) is 5.02. The van der Waals surface area contributed by atoms with Crippen molar-refractivity contribution in [2.45, 2.75) is 12.5 Å². The summed E-state index contributed by atoms with van der Waals surface area (Å²) in [5.74, 6) is -0.0148. The lowest BCUT2D eigenvalue weighted by Gasteiger charge is -2.17. The van der Waals surface area contributed by atoms with Crippen LogP contribution in [0, 0.1) is 17.1 Å². The summed E-state index contributed by atoms with van der Waals surface area (Å²) < 4.78 is 25.2. The number of hydrogen-bond donors (Lipinski definition) is 2. The van der Waals surface area contributed by atoms with Crippen LogP contribution in [0.1, 0.15) is 17.5 Å². The van der Waals surface area contributed by atoms with Crippen LogP contribution < -0.4 is 15.4 Å². The fourth-order valence-electron chi connectivity index (χ4n) is 3.89. The quantitative estimate of drug-likeness (QED) is 0.289. The smallest absolute Gasteiger partial charge is 0.248 e. The standard InChI is InChI=1S/C28H21ClFN5O3/c29-22-11-19(6-7-23(22)30)34-28-21-12-25(35-27(36)8-5-17-1-3-18(14-31)4-2-17)26(13-24(21)32-16-33-28)38-20-9-10-37-15-20/h1-8,11-13,16,20H,9-10,15H2,(H,35,36)(H,32,33,34)/b8-5+/t20-/m0/s1. The minimum absolute atomic E-state index is 0.0233. The van der Waals surface area contributed by atoms with Gasteiger partial charge in [0, 0.05) is 29.6 Å². The number of hydrogen-bond acceptors (Lipinski definition) is 7. The first-order valence-corrected chi connectivity index (χ1v) is 12.1. The molecule has 1 saturated heterocycles. The Bertz CT molecular complexity index is 1560. The summed E-state index contributed by atoms with van der Waals surface area (Å²) in [6.45, 7) is 1.05.